The molecule has 92 valence electrons. The van der Waals surface area contributed by atoms with Gasteiger partial charge in [-0.3, -0.25) is 0 Å². The molecule has 0 saturated carbocycles. The van der Waals surface area contributed by atoms with Crippen molar-refractivity contribution in [2.75, 3.05) is 13.2 Å². The van der Waals surface area contributed by atoms with E-state index in [1.165, 1.54) is 0 Å². The lowest BCUT2D eigenvalue weighted by Crippen LogP contribution is -2.20. The predicted molar refractivity (Wildman–Crippen MR) is 66.5 cm³/mol. The van der Waals surface area contributed by atoms with Gasteiger partial charge in [0, 0.05) is 19.6 Å². The topological polar surface area (TPSA) is 42.2 Å². The first-order valence-electron chi connectivity index (χ1n) is 5.99. The highest BCUT2D eigenvalue weighted by atomic mass is 16.7. The third-order valence-electron chi connectivity index (χ3n) is 2.49. The van der Waals surface area contributed by atoms with E-state index in [4.69, 9.17) is 9.47 Å². The lowest BCUT2D eigenvalue weighted by molar-refractivity contribution is -0.140. The Bertz CT molecular complexity index is 339. The van der Waals surface area contributed by atoms with Crippen LogP contribution in [0.4, 0.5) is 0 Å². The molecule has 0 spiro atoms. The van der Waals surface area contributed by atoms with Gasteiger partial charge < -0.3 is 9.47 Å². The SMILES string of the molecule is CCOC(CC(C#N)c1ccccc1)OCC. The van der Waals surface area contributed by atoms with Gasteiger partial charge >= 0.3 is 0 Å². The number of hydrogen-bond donors (Lipinski definition) is 0. The third-order valence-corrected chi connectivity index (χ3v) is 2.49. The summed E-state index contributed by atoms with van der Waals surface area (Å²) in [7, 11) is 0. The normalized spacial score (nSPS) is 12.4. The molecule has 0 radical (unpaired) electrons. The summed E-state index contributed by atoms with van der Waals surface area (Å²) in [5.74, 6) is -0.181. The summed E-state index contributed by atoms with van der Waals surface area (Å²) in [5, 5.41) is 9.20. The summed E-state index contributed by atoms with van der Waals surface area (Å²) in [6, 6.07) is 12.1. The number of nitrogens with zero attached hydrogens (tertiary/aromatic N) is 1. The molecule has 0 aromatic heterocycles. The van der Waals surface area contributed by atoms with Crippen molar-refractivity contribution in [2.45, 2.75) is 32.5 Å². The van der Waals surface area contributed by atoms with Crippen LogP contribution in [0.25, 0.3) is 0 Å². The second-order valence-electron chi connectivity index (χ2n) is 3.67. The summed E-state index contributed by atoms with van der Waals surface area (Å²) in [6.07, 6.45) is 0.275. The minimum Gasteiger partial charge on any atom is -0.353 e. The Labute approximate surface area is 103 Å². The molecule has 0 fully saturated rings. The van der Waals surface area contributed by atoms with Gasteiger partial charge in [0.05, 0.1) is 12.0 Å². The van der Waals surface area contributed by atoms with Gasteiger partial charge in [-0.1, -0.05) is 30.3 Å². The van der Waals surface area contributed by atoms with Crippen molar-refractivity contribution in [1.29, 1.82) is 5.26 Å². The fourth-order valence-corrected chi connectivity index (χ4v) is 1.70. The zero-order valence-electron chi connectivity index (χ0n) is 10.4. The Kier molecular flexibility index (Phi) is 6.31. The summed E-state index contributed by atoms with van der Waals surface area (Å²) in [4.78, 5) is 0. The van der Waals surface area contributed by atoms with Crippen molar-refractivity contribution in [1.82, 2.24) is 0 Å². The van der Waals surface area contributed by atoms with E-state index >= 15 is 0 Å². The van der Waals surface area contributed by atoms with E-state index in [0.717, 1.165) is 5.56 Å². The second kappa shape index (κ2) is 7.83. The van der Waals surface area contributed by atoms with Crippen LogP contribution in [0.2, 0.25) is 0 Å². The zero-order chi connectivity index (χ0) is 12.5. The van der Waals surface area contributed by atoms with E-state index in [-0.39, 0.29) is 12.2 Å². The van der Waals surface area contributed by atoms with Crippen LogP contribution in [-0.2, 0) is 9.47 Å². The molecular weight excluding hydrogens is 214 g/mol. The molecule has 17 heavy (non-hydrogen) atoms. The molecule has 1 rings (SSSR count). The van der Waals surface area contributed by atoms with Crippen molar-refractivity contribution < 1.29 is 9.47 Å². The van der Waals surface area contributed by atoms with Crippen LogP contribution in [0, 0.1) is 11.3 Å². The lowest BCUT2D eigenvalue weighted by Gasteiger charge is -2.19. The van der Waals surface area contributed by atoms with Crippen molar-refractivity contribution in [3.63, 3.8) is 0 Å². The van der Waals surface area contributed by atoms with E-state index in [1.807, 2.05) is 44.2 Å². The fourth-order valence-electron chi connectivity index (χ4n) is 1.70. The monoisotopic (exact) mass is 233 g/mol. The molecule has 0 bridgehead atoms. The van der Waals surface area contributed by atoms with Crippen molar-refractivity contribution in [3.8, 4) is 6.07 Å². The van der Waals surface area contributed by atoms with E-state index < -0.39 is 0 Å². The molecule has 1 aromatic carbocycles. The maximum Gasteiger partial charge on any atom is 0.159 e. The predicted octanol–water partition coefficient (Wildman–Crippen LogP) is 3.08. The lowest BCUT2D eigenvalue weighted by atomic mass is 9.97. The molecule has 1 unspecified atom stereocenters. The summed E-state index contributed by atoms with van der Waals surface area (Å²) in [5.41, 5.74) is 1.01. The quantitative estimate of drug-likeness (QED) is 0.680. The van der Waals surface area contributed by atoms with Crippen molar-refractivity contribution >= 4 is 0 Å². The maximum absolute atomic E-state index is 9.20. The minimum absolute atomic E-state index is 0.181. The molecule has 0 aliphatic carbocycles. The smallest absolute Gasteiger partial charge is 0.159 e. The molecule has 0 N–H and O–H groups in total. The Balaban J connectivity index is 2.65. The van der Waals surface area contributed by atoms with Gasteiger partial charge in [-0.2, -0.15) is 5.26 Å². The molecule has 1 aromatic rings. The van der Waals surface area contributed by atoms with Gasteiger partial charge in [0.25, 0.3) is 0 Å². The van der Waals surface area contributed by atoms with E-state index in [9.17, 15) is 5.26 Å². The Morgan fingerprint density at radius 3 is 2.18 bits per heavy atom. The first-order valence-corrected chi connectivity index (χ1v) is 5.99. The number of ether oxygens (including phenoxy) is 2. The average molecular weight is 233 g/mol. The van der Waals surface area contributed by atoms with E-state index in [0.29, 0.717) is 19.6 Å². The van der Waals surface area contributed by atoms with Crippen LogP contribution in [0.1, 0.15) is 31.7 Å². The minimum atomic E-state index is -0.296. The number of rotatable bonds is 7. The second-order valence-corrected chi connectivity index (χ2v) is 3.67. The summed E-state index contributed by atoms with van der Waals surface area (Å²) >= 11 is 0. The average Bonchev–Trinajstić information content (AvgIpc) is 2.37. The molecule has 0 aliphatic rings. The van der Waals surface area contributed by atoms with Gasteiger partial charge in [-0.05, 0) is 19.4 Å². The van der Waals surface area contributed by atoms with Crippen LogP contribution in [0.5, 0.6) is 0 Å². The number of nitriles is 1. The van der Waals surface area contributed by atoms with Crippen LogP contribution in [-0.4, -0.2) is 19.5 Å². The Morgan fingerprint density at radius 1 is 1.12 bits per heavy atom. The number of hydrogen-bond acceptors (Lipinski definition) is 3. The van der Waals surface area contributed by atoms with Crippen LogP contribution in [0.15, 0.2) is 30.3 Å². The molecule has 0 saturated heterocycles. The highest BCUT2D eigenvalue weighted by molar-refractivity contribution is 5.24. The van der Waals surface area contributed by atoms with Crippen molar-refractivity contribution in [3.05, 3.63) is 35.9 Å². The van der Waals surface area contributed by atoms with Gasteiger partial charge in [-0.25, -0.2) is 0 Å². The molecule has 0 heterocycles. The van der Waals surface area contributed by atoms with Gasteiger partial charge in [0.2, 0.25) is 0 Å². The third kappa shape index (κ3) is 4.56. The largest absolute Gasteiger partial charge is 0.353 e. The summed E-state index contributed by atoms with van der Waals surface area (Å²) < 4.78 is 10.9. The van der Waals surface area contributed by atoms with Gasteiger partial charge in [-0.15, -0.1) is 0 Å². The molecule has 3 heteroatoms. The Morgan fingerprint density at radius 2 is 1.71 bits per heavy atom. The highest BCUT2D eigenvalue weighted by Crippen LogP contribution is 2.22. The highest BCUT2D eigenvalue weighted by Gasteiger charge is 2.18. The Hall–Kier alpha value is -1.37. The fraction of sp³-hybridized carbons (Fsp3) is 0.500. The van der Waals surface area contributed by atoms with E-state index in [2.05, 4.69) is 6.07 Å². The van der Waals surface area contributed by atoms with Gasteiger partial charge in [0.15, 0.2) is 6.29 Å². The van der Waals surface area contributed by atoms with E-state index in [1.54, 1.807) is 0 Å². The first kappa shape index (κ1) is 13.7. The summed E-state index contributed by atoms with van der Waals surface area (Å²) in [6.45, 7) is 5.04. The zero-order valence-corrected chi connectivity index (χ0v) is 10.4. The standard InChI is InChI=1S/C14H19NO2/c1-3-16-14(17-4-2)10-13(11-15)12-8-6-5-7-9-12/h5-9,13-14H,3-4,10H2,1-2H3. The molecule has 0 aliphatic heterocycles. The molecular formula is C14H19NO2. The van der Waals surface area contributed by atoms with Crippen LogP contribution in [0.3, 0.4) is 0 Å². The maximum atomic E-state index is 9.20. The molecule has 3 nitrogen and oxygen atoms in total. The van der Waals surface area contributed by atoms with Crippen LogP contribution >= 0.6 is 0 Å². The molecule has 0 amide bonds. The number of benzene rings is 1. The molecule has 1 atom stereocenters. The van der Waals surface area contributed by atoms with Gasteiger partial charge in [0.1, 0.15) is 0 Å². The first-order chi connectivity index (χ1) is 8.31. The van der Waals surface area contributed by atoms with Crippen LogP contribution < -0.4 is 0 Å². The van der Waals surface area contributed by atoms with Crippen molar-refractivity contribution in [2.24, 2.45) is 0 Å².